The van der Waals surface area contributed by atoms with E-state index in [1.165, 1.54) is 26.2 Å². The highest BCUT2D eigenvalue weighted by molar-refractivity contribution is 5.65. The highest BCUT2D eigenvalue weighted by atomic mass is 16.5. The van der Waals surface area contributed by atoms with Crippen LogP contribution in [0.5, 0.6) is 0 Å². The van der Waals surface area contributed by atoms with Gasteiger partial charge in [0.15, 0.2) is 0 Å². The summed E-state index contributed by atoms with van der Waals surface area (Å²) in [6, 6.07) is 0. The van der Waals surface area contributed by atoms with Crippen molar-refractivity contribution in [2.75, 3.05) is 6.61 Å². The van der Waals surface area contributed by atoms with Crippen LogP contribution in [0, 0.1) is 5.92 Å². The third-order valence-electron chi connectivity index (χ3n) is 2.55. The molecule has 1 unspecified atom stereocenters. The molecular formula is C13H26O3. The predicted octanol–water partition coefficient (Wildman–Crippen LogP) is 2.91. The maximum Gasteiger partial charge on any atom is 0.302 e. The summed E-state index contributed by atoms with van der Waals surface area (Å²) in [6.07, 6.45) is 6.21. The van der Waals surface area contributed by atoms with Crippen LogP contribution in [0.25, 0.3) is 0 Å². The van der Waals surface area contributed by atoms with Crippen molar-refractivity contribution in [3.63, 3.8) is 0 Å². The van der Waals surface area contributed by atoms with Gasteiger partial charge in [-0.3, -0.25) is 4.79 Å². The van der Waals surface area contributed by atoms with Crippen LogP contribution in [-0.4, -0.2) is 23.8 Å². The van der Waals surface area contributed by atoms with Gasteiger partial charge in [-0.05, 0) is 12.3 Å². The van der Waals surface area contributed by atoms with E-state index in [4.69, 9.17) is 4.74 Å². The zero-order chi connectivity index (χ0) is 12.4. The molecule has 0 radical (unpaired) electrons. The Labute approximate surface area is 99.2 Å². The van der Waals surface area contributed by atoms with Crippen LogP contribution >= 0.6 is 0 Å². The molecule has 0 saturated carbocycles. The number of carbonyl (C=O) groups is 1. The first-order chi connectivity index (χ1) is 7.52. The van der Waals surface area contributed by atoms with E-state index >= 15 is 0 Å². The van der Waals surface area contributed by atoms with Gasteiger partial charge in [0.05, 0.1) is 6.10 Å². The van der Waals surface area contributed by atoms with Gasteiger partial charge in [0.25, 0.3) is 0 Å². The summed E-state index contributed by atoms with van der Waals surface area (Å²) in [5.74, 6) is 0.463. The normalized spacial score (nSPS) is 12.8. The fraction of sp³-hybridized carbons (Fsp3) is 0.923. The monoisotopic (exact) mass is 230 g/mol. The standard InChI is InChI=1S/C13H26O3/c1-11(2)8-6-4-5-7-9-13(15)10-16-12(3)14/h11,13,15H,4-10H2,1-3H3. The number of aliphatic hydroxyl groups is 1. The van der Waals surface area contributed by atoms with Crippen molar-refractivity contribution in [3.05, 3.63) is 0 Å². The Bertz CT molecular complexity index is 178. The van der Waals surface area contributed by atoms with E-state index < -0.39 is 6.10 Å². The summed E-state index contributed by atoms with van der Waals surface area (Å²) in [6.45, 7) is 5.98. The summed E-state index contributed by atoms with van der Waals surface area (Å²) >= 11 is 0. The van der Waals surface area contributed by atoms with Gasteiger partial charge in [-0.15, -0.1) is 0 Å². The van der Waals surface area contributed by atoms with Crippen LogP contribution in [0.3, 0.4) is 0 Å². The number of carbonyl (C=O) groups excluding carboxylic acids is 1. The van der Waals surface area contributed by atoms with Gasteiger partial charge in [-0.25, -0.2) is 0 Å². The molecule has 0 aliphatic rings. The number of hydrogen-bond donors (Lipinski definition) is 1. The number of aliphatic hydroxyl groups excluding tert-OH is 1. The van der Waals surface area contributed by atoms with E-state index in [2.05, 4.69) is 13.8 Å². The minimum Gasteiger partial charge on any atom is -0.463 e. The average Bonchev–Trinajstić information content (AvgIpc) is 2.19. The Hall–Kier alpha value is -0.570. The molecule has 0 aromatic rings. The van der Waals surface area contributed by atoms with E-state index in [0.29, 0.717) is 0 Å². The van der Waals surface area contributed by atoms with Crippen molar-refractivity contribution < 1.29 is 14.6 Å². The second kappa shape index (κ2) is 9.64. The second-order valence-electron chi connectivity index (χ2n) is 4.84. The van der Waals surface area contributed by atoms with Crippen LogP contribution in [0.15, 0.2) is 0 Å². The lowest BCUT2D eigenvalue weighted by molar-refractivity contribution is -0.144. The molecule has 3 heteroatoms. The zero-order valence-electron chi connectivity index (χ0n) is 10.9. The summed E-state index contributed by atoms with van der Waals surface area (Å²) in [7, 11) is 0. The van der Waals surface area contributed by atoms with Gasteiger partial charge in [-0.2, -0.15) is 0 Å². The molecule has 0 bridgehead atoms. The fourth-order valence-corrected chi connectivity index (χ4v) is 1.58. The van der Waals surface area contributed by atoms with Crippen LogP contribution < -0.4 is 0 Å². The molecule has 0 heterocycles. The minimum absolute atomic E-state index is 0.140. The van der Waals surface area contributed by atoms with E-state index in [9.17, 15) is 9.90 Å². The third kappa shape index (κ3) is 11.5. The first-order valence-electron chi connectivity index (χ1n) is 6.33. The van der Waals surface area contributed by atoms with Gasteiger partial charge in [0.1, 0.15) is 6.61 Å². The maximum absolute atomic E-state index is 10.5. The molecule has 0 fully saturated rings. The van der Waals surface area contributed by atoms with Gasteiger partial charge in [0.2, 0.25) is 0 Å². The topological polar surface area (TPSA) is 46.5 Å². The molecule has 3 nitrogen and oxygen atoms in total. The molecule has 1 atom stereocenters. The van der Waals surface area contributed by atoms with E-state index in [0.717, 1.165) is 25.2 Å². The van der Waals surface area contributed by atoms with Gasteiger partial charge >= 0.3 is 5.97 Å². The molecule has 0 spiro atoms. The number of esters is 1. The quantitative estimate of drug-likeness (QED) is 0.489. The SMILES string of the molecule is CC(=O)OCC(O)CCCCCCC(C)C. The highest BCUT2D eigenvalue weighted by Gasteiger charge is 2.05. The van der Waals surface area contributed by atoms with Crippen LogP contribution in [0.2, 0.25) is 0 Å². The first-order valence-corrected chi connectivity index (χ1v) is 6.33. The first kappa shape index (κ1) is 15.4. The zero-order valence-corrected chi connectivity index (χ0v) is 10.9. The Morgan fingerprint density at radius 1 is 1.12 bits per heavy atom. The van der Waals surface area contributed by atoms with Crippen LogP contribution in [-0.2, 0) is 9.53 Å². The summed E-state index contributed by atoms with van der Waals surface area (Å²) in [5.41, 5.74) is 0. The lowest BCUT2D eigenvalue weighted by Crippen LogP contribution is -2.17. The van der Waals surface area contributed by atoms with Gasteiger partial charge < -0.3 is 9.84 Å². The van der Waals surface area contributed by atoms with E-state index in [-0.39, 0.29) is 12.6 Å². The predicted molar refractivity (Wildman–Crippen MR) is 65.2 cm³/mol. The molecule has 0 aliphatic carbocycles. The molecule has 1 N–H and O–H groups in total. The van der Waals surface area contributed by atoms with Crippen molar-refractivity contribution in [1.82, 2.24) is 0 Å². The van der Waals surface area contributed by atoms with Crippen LogP contribution in [0.1, 0.15) is 59.3 Å². The summed E-state index contributed by atoms with van der Waals surface area (Å²) in [4.78, 5) is 10.5. The minimum atomic E-state index is -0.492. The highest BCUT2D eigenvalue weighted by Crippen LogP contribution is 2.11. The lowest BCUT2D eigenvalue weighted by atomic mass is 10.0. The smallest absolute Gasteiger partial charge is 0.302 e. The molecule has 0 rings (SSSR count). The molecule has 96 valence electrons. The van der Waals surface area contributed by atoms with E-state index in [1.54, 1.807) is 0 Å². The molecule has 0 saturated heterocycles. The van der Waals surface area contributed by atoms with E-state index in [1.807, 2.05) is 0 Å². The molecule has 0 aliphatic heterocycles. The fourth-order valence-electron chi connectivity index (χ4n) is 1.58. The summed E-state index contributed by atoms with van der Waals surface area (Å²) in [5, 5.41) is 9.47. The number of rotatable bonds is 9. The van der Waals surface area contributed by atoms with Crippen molar-refractivity contribution in [1.29, 1.82) is 0 Å². The maximum atomic E-state index is 10.5. The largest absolute Gasteiger partial charge is 0.463 e. The molecule has 16 heavy (non-hydrogen) atoms. The number of hydrogen-bond acceptors (Lipinski definition) is 3. The van der Waals surface area contributed by atoms with Crippen molar-refractivity contribution in [2.45, 2.75) is 65.4 Å². The van der Waals surface area contributed by atoms with Crippen LogP contribution in [0.4, 0.5) is 0 Å². The molecule has 0 aromatic carbocycles. The molecule has 0 aromatic heterocycles. The Morgan fingerprint density at radius 2 is 1.69 bits per heavy atom. The third-order valence-corrected chi connectivity index (χ3v) is 2.55. The molecular weight excluding hydrogens is 204 g/mol. The number of unbranched alkanes of at least 4 members (excludes halogenated alkanes) is 3. The molecule has 0 amide bonds. The summed E-state index contributed by atoms with van der Waals surface area (Å²) < 4.78 is 4.72. The second-order valence-corrected chi connectivity index (χ2v) is 4.84. The van der Waals surface area contributed by atoms with Crippen molar-refractivity contribution >= 4 is 5.97 Å². The Kier molecular flexibility index (Phi) is 9.30. The Balaban J connectivity index is 3.21. The van der Waals surface area contributed by atoms with Crippen molar-refractivity contribution in [2.24, 2.45) is 5.92 Å². The average molecular weight is 230 g/mol. The lowest BCUT2D eigenvalue weighted by Gasteiger charge is -2.10. The number of ether oxygens (including phenoxy) is 1. The van der Waals surface area contributed by atoms with Crippen molar-refractivity contribution in [3.8, 4) is 0 Å². The van der Waals surface area contributed by atoms with Gasteiger partial charge in [0, 0.05) is 6.92 Å². The Morgan fingerprint density at radius 3 is 2.19 bits per heavy atom. The van der Waals surface area contributed by atoms with Gasteiger partial charge in [-0.1, -0.05) is 46.0 Å².